The Bertz CT molecular complexity index is 231. The minimum atomic E-state index is 0.00247. The third-order valence-electron chi connectivity index (χ3n) is 4.01. The van der Waals surface area contributed by atoms with Crippen molar-refractivity contribution >= 4 is 17.5 Å². The number of alkyl halides is 1. The van der Waals surface area contributed by atoms with Gasteiger partial charge >= 0.3 is 0 Å². The van der Waals surface area contributed by atoms with Gasteiger partial charge in [-0.3, -0.25) is 4.79 Å². The summed E-state index contributed by atoms with van der Waals surface area (Å²) in [5, 5.41) is 3.09. The molecule has 2 saturated carbocycles. The molecule has 4 atom stereocenters. The Labute approximate surface area is 90.4 Å². The van der Waals surface area contributed by atoms with Gasteiger partial charge < -0.3 is 5.32 Å². The zero-order chi connectivity index (χ0) is 10.1. The van der Waals surface area contributed by atoms with Gasteiger partial charge in [0.15, 0.2) is 0 Å². The molecule has 1 amide bonds. The van der Waals surface area contributed by atoms with Crippen molar-refractivity contribution < 1.29 is 4.79 Å². The van der Waals surface area contributed by atoms with Crippen molar-refractivity contribution in [3.8, 4) is 0 Å². The van der Waals surface area contributed by atoms with Gasteiger partial charge in [-0.15, -0.1) is 11.6 Å². The molecule has 80 valence electrons. The van der Waals surface area contributed by atoms with Crippen LogP contribution >= 0.6 is 11.6 Å². The molecule has 2 bridgehead atoms. The van der Waals surface area contributed by atoms with E-state index in [9.17, 15) is 4.79 Å². The number of carbonyl (C=O) groups is 1. The van der Waals surface area contributed by atoms with E-state index < -0.39 is 0 Å². The maximum atomic E-state index is 11.3. The van der Waals surface area contributed by atoms with E-state index in [4.69, 9.17) is 11.6 Å². The number of hydrogen-bond acceptors (Lipinski definition) is 1. The molecule has 2 rings (SSSR count). The maximum absolute atomic E-state index is 11.3. The first-order valence-corrected chi connectivity index (χ1v) is 6.15. The van der Waals surface area contributed by atoms with Gasteiger partial charge in [0.25, 0.3) is 0 Å². The van der Waals surface area contributed by atoms with Crippen molar-refractivity contribution in [3.63, 3.8) is 0 Å². The molecule has 0 heterocycles. The fourth-order valence-electron chi connectivity index (χ4n) is 3.45. The minimum Gasteiger partial charge on any atom is -0.352 e. The molecule has 0 radical (unpaired) electrons. The molecule has 0 spiro atoms. The summed E-state index contributed by atoms with van der Waals surface area (Å²) in [6.45, 7) is 2.23. The fourth-order valence-corrected chi connectivity index (χ4v) is 3.52. The predicted octanol–water partition coefficient (Wildman–Crippen LogP) is 2.17. The van der Waals surface area contributed by atoms with E-state index in [0.717, 1.165) is 11.8 Å². The largest absolute Gasteiger partial charge is 0.352 e. The molecular formula is C11H18ClNO. The van der Waals surface area contributed by atoms with Crippen LogP contribution in [0.4, 0.5) is 0 Å². The topological polar surface area (TPSA) is 29.1 Å². The van der Waals surface area contributed by atoms with Gasteiger partial charge in [-0.1, -0.05) is 13.3 Å². The van der Waals surface area contributed by atoms with E-state index in [0.29, 0.717) is 12.0 Å². The van der Waals surface area contributed by atoms with Crippen LogP contribution in [0.1, 0.15) is 32.6 Å². The molecule has 2 fully saturated rings. The number of nitrogens with one attached hydrogen (secondary N) is 1. The fraction of sp³-hybridized carbons (Fsp3) is 0.909. The number of hydrogen-bond donors (Lipinski definition) is 1. The number of amides is 1. The highest BCUT2D eigenvalue weighted by Gasteiger charge is 2.46. The molecule has 0 aromatic carbocycles. The number of rotatable bonds is 3. The van der Waals surface area contributed by atoms with Gasteiger partial charge in [0, 0.05) is 6.04 Å². The highest BCUT2D eigenvalue weighted by atomic mass is 35.5. The first-order valence-electron chi connectivity index (χ1n) is 5.61. The van der Waals surface area contributed by atoms with E-state index in [-0.39, 0.29) is 11.8 Å². The van der Waals surface area contributed by atoms with Crippen LogP contribution in [-0.2, 0) is 4.79 Å². The van der Waals surface area contributed by atoms with Crippen LogP contribution in [0.3, 0.4) is 0 Å². The number of halogens is 1. The Morgan fingerprint density at radius 3 is 2.79 bits per heavy atom. The summed E-state index contributed by atoms with van der Waals surface area (Å²) >= 11 is 5.51. The molecule has 1 N–H and O–H groups in total. The monoisotopic (exact) mass is 215 g/mol. The van der Waals surface area contributed by atoms with Gasteiger partial charge in [-0.05, 0) is 37.0 Å². The third kappa shape index (κ3) is 1.65. The standard InChI is InChI=1S/C11H18ClNO/c1-2-9-7-3-4-8(5-7)11(9)13-10(14)6-12/h7-9,11H,2-6H2,1H3,(H,13,14). The van der Waals surface area contributed by atoms with Crippen molar-refractivity contribution in [2.24, 2.45) is 17.8 Å². The van der Waals surface area contributed by atoms with Crippen molar-refractivity contribution in [1.82, 2.24) is 5.32 Å². The SMILES string of the molecule is CCC1C2CCC(C2)C1NC(=O)CCl. The second kappa shape index (κ2) is 4.09. The molecule has 2 nitrogen and oxygen atoms in total. The Morgan fingerprint density at radius 2 is 2.14 bits per heavy atom. The average molecular weight is 216 g/mol. The Kier molecular flexibility index (Phi) is 3.01. The van der Waals surface area contributed by atoms with Crippen LogP contribution in [-0.4, -0.2) is 17.8 Å². The lowest BCUT2D eigenvalue weighted by Gasteiger charge is -2.30. The average Bonchev–Trinajstić information content (AvgIpc) is 2.77. The van der Waals surface area contributed by atoms with E-state index >= 15 is 0 Å². The molecule has 2 aliphatic carbocycles. The van der Waals surface area contributed by atoms with Gasteiger partial charge in [0.2, 0.25) is 5.91 Å². The van der Waals surface area contributed by atoms with Crippen LogP contribution in [0.15, 0.2) is 0 Å². The van der Waals surface area contributed by atoms with Crippen molar-refractivity contribution in [2.75, 3.05) is 5.88 Å². The van der Waals surface area contributed by atoms with Gasteiger partial charge in [-0.2, -0.15) is 0 Å². The normalized spacial score (nSPS) is 40.1. The van der Waals surface area contributed by atoms with Crippen molar-refractivity contribution in [1.29, 1.82) is 0 Å². The second-order valence-corrected chi connectivity index (χ2v) is 4.90. The first kappa shape index (κ1) is 10.3. The predicted molar refractivity (Wildman–Crippen MR) is 57.3 cm³/mol. The van der Waals surface area contributed by atoms with Crippen molar-refractivity contribution in [2.45, 2.75) is 38.6 Å². The molecule has 0 saturated heterocycles. The van der Waals surface area contributed by atoms with Gasteiger partial charge in [0.05, 0.1) is 0 Å². The highest BCUT2D eigenvalue weighted by molar-refractivity contribution is 6.27. The van der Waals surface area contributed by atoms with Crippen LogP contribution in [0, 0.1) is 17.8 Å². The molecule has 4 unspecified atom stereocenters. The number of fused-ring (bicyclic) bond motifs is 2. The minimum absolute atomic E-state index is 0.00247. The highest BCUT2D eigenvalue weighted by Crippen LogP contribution is 2.49. The van der Waals surface area contributed by atoms with E-state index in [1.54, 1.807) is 0 Å². The van der Waals surface area contributed by atoms with Crippen LogP contribution in [0.25, 0.3) is 0 Å². The Hall–Kier alpha value is -0.240. The zero-order valence-corrected chi connectivity index (χ0v) is 9.39. The summed E-state index contributed by atoms with van der Waals surface area (Å²) < 4.78 is 0. The second-order valence-electron chi connectivity index (χ2n) is 4.63. The summed E-state index contributed by atoms with van der Waals surface area (Å²) in [5.74, 6) is 2.41. The summed E-state index contributed by atoms with van der Waals surface area (Å²) in [5.41, 5.74) is 0. The van der Waals surface area contributed by atoms with E-state index in [2.05, 4.69) is 12.2 Å². The molecule has 3 heteroatoms. The first-order chi connectivity index (χ1) is 6.76. The molecule has 2 aliphatic rings. The van der Waals surface area contributed by atoms with Crippen LogP contribution in [0.2, 0.25) is 0 Å². The van der Waals surface area contributed by atoms with Crippen LogP contribution in [0.5, 0.6) is 0 Å². The maximum Gasteiger partial charge on any atom is 0.235 e. The summed E-state index contributed by atoms with van der Waals surface area (Å²) in [6.07, 6.45) is 5.19. The lowest BCUT2D eigenvalue weighted by Crippen LogP contribution is -2.44. The molecule has 0 aromatic heterocycles. The molecule has 0 aliphatic heterocycles. The van der Waals surface area contributed by atoms with Crippen LogP contribution < -0.4 is 5.32 Å². The van der Waals surface area contributed by atoms with Gasteiger partial charge in [0.1, 0.15) is 5.88 Å². The Morgan fingerprint density at radius 1 is 1.43 bits per heavy atom. The summed E-state index contributed by atoms with van der Waals surface area (Å²) in [7, 11) is 0. The third-order valence-corrected chi connectivity index (χ3v) is 4.25. The molecular weight excluding hydrogens is 198 g/mol. The lowest BCUT2D eigenvalue weighted by atomic mass is 9.83. The quantitative estimate of drug-likeness (QED) is 0.719. The molecule has 14 heavy (non-hydrogen) atoms. The smallest absolute Gasteiger partial charge is 0.235 e. The van der Waals surface area contributed by atoms with Gasteiger partial charge in [-0.25, -0.2) is 0 Å². The van der Waals surface area contributed by atoms with E-state index in [1.807, 2.05) is 0 Å². The Balaban J connectivity index is 1.99. The molecule has 0 aromatic rings. The van der Waals surface area contributed by atoms with E-state index in [1.165, 1.54) is 25.7 Å². The number of carbonyl (C=O) groups excluding carboxylic acids is 1. The summed E-state index contributed by atoms with van der Waals surface area (Å²) in [6, 6.07) is 0.421. The lowest BCUT2D eigenvalue weighted by molar-refractivity contribution is -0.120. The zero-order valence-electron chi connectivity index (χ0n) is 8.63. The van der Waals surface area contributed by atoms with Crippen molar-refractivity contribution in [3.05, 3.63) is 0 Å². The summed E-state index contributed by atoms with van der Waals surface area (Å²) in [4.78, 5) is 11.3.